The molecule has 0 aliphatic carbocycles. The van der Waals surface area contributed by atoms with Crippen LogP contribution in [-0.4, -0.2) is 23.8 Å². The lowest BCUT2D eigenvalue weighted by Crippen LogP contribution is -2.14. The standard InChI is InChI=1S/C26H26N2O3/c1-4-17-6-5-7-20-19-10-9-18(15-22(19)28-26(17)20)27-25(30)13-11-23(29)21-14-16(2)8-12-24(21)31-3/h5-10,12,14-15,28H,4,11,13H2,1-3H3,(H,27,30). The zero-order chi connectivity index (χ0) is 22.0. The van der Waals surface area contributed by atoms with E-state index >= 15 is 0 Å². The van der Waals surface area contributed by atoms with E-state index in [9.17, 15) is 9.59 Å². The molecule has 2 N–H and O–H groups in total. The van der Waals surface area contributed by atoms with Gasteiger partial charge in [0.15, 0.2) is 5.78 Å². The van der Waals surface area contributed by atoms with E-state index in [-0.39, 0.29) is 24.5 Å². The second-order valence-electron chi connectivity index (χ2n) is 7.75. The molecule has 4 aromatic rings. The number of carbonyl (C=O) groups is 2. The minimum atomic E-state index is -0.190. The summed E-state index contributed by atoms with van der Waals surface area (Å²) in [5.41, 5.74) is 5.59. The van der Waals surface area contributed by atoms with Crippen molar-refractivity contribution in [2.45, 2.75) is 33.1 Å². The topological polar surface area (TPSA) is 71.2 Å². The average molecular weight is 415 g/mol. The number of nitrogens with one attached hydrogen (secondary N) is 2. The number of carbonyl (C=O) groups excluding carboxylic acids is 2. The van der Waals surface area contributed by atoms with E-state index < -0.39 is 0 Å². The van der Waals surface area contributed by atoms with Crippen LogP contribution in [0.25, 0.3) is 21.8 Å². The van der Waals surface area contributed by atoms with Crippen molar-refractivity contribution in [3.63, 3.8) is 0 Å². The minimum absolute atomic E-state index is 0.103. The Labute approximate surface area is 181 Å². The van der Waals surface area contributed by atoms with Crippen LogP contribution in [0.4, 0.5) is 5.69 Å². The van der Waals surface area contributed by atoms with Gasteiger partial charge in [0.2, 0.25) is 5.91 Å². The number of methoxy groups -OCH3 is 1. The number of anilines is 1. The molecule has 0 aliphatic rings. The fraction of sp³-hybridized carbons (Fsp3) is 0.231. The van der Waals surface area contributed by atoms with Gasteiger partial charge in [0.1, 0.15) is 5.75 Å². The molecular weight excluding hydrogens is 388 g/mol. The minimum Gasteiger partial charge on any atom is -0.496 e. The molecule has 1 amide bonds. The van der Waals surface area contributed by atoms with Gasteiger partial charge in [0.05, 0.1) is 12.7 Å². The van der Waals surface area contributed by atoms with Crippen LogP contribution in [-0.2, 0) is 11.2 Å². The van der Waals surface area contributed by atoms with Crippen molar-refractivity contribution in [2.75, 3.05) is 12.4 Å². The summed E-state index contributed by atoms with van der Waals surface area (Å²) in [6.45, 7) is 4.06. The van der Waals surface area contributed by atoms with Crippen molar-refractivity contribution in [2.24, 2.45) is 0 Å². The molecule has 5 heteroatoms. The lowest BCUT2D eigenvalue weighted by Gasteiger charge is -2.09. The number of aryl methyl sites for hydroxylation is 2. The Kier molecular flexibility index (Phi) is 5.76. The van der Waals surface area contributed by atoms with Crippen LogP contribution in [0.2, 0.25) is 0 Å². The number of fused-ring (bicyclic) bond motifs is 3. The van der Waals surface area contributed by atoms with Crippen LogP contribution in [0.5, 0.6) is 5.75 Å². The first kappa shape index (κ1) is 20.7. The lowest BCUT2D eigenvalue weighted by atomic mass is 10.0. The number of H-pyrrole nitrogens is 1. The highest BCUT2D eigenvalue weighted by atomic mass is 16.5. The third-order valence-corrected chi connectivity index (χ3v) is 5.62. The predicted molar refractivity (Wildman–Crippen MR) is 125 cm³/mol. The number of amides is 1. The first-order valence-corrected chi connectivity index (χ1v) is 10.5. The second-order valence-corrected chi connectivity index (χ2v) is 7.75. The Balaban J connectivity index is 1.47. The highest BCUT2D eigenvalue weighted by Crippen LogP contribution is 2.30. The summed E-state index contributed by atoms with van der Waals surface area (Å²) in [6.07, 6.45) is 1.19. The van der Waals surface area contributed by atoms with E-state index in [0.29, 0.717) is 17.0 Å². The smallest absolute Gasteiger partial charge is 0.224 e. The van der Waals surface area contributed by atoms with Gasteiger partial charge in [-0.2, -0.15) is 0 Å². The summed E-state index contributed by atoms with van der Waals surface area (Å²) < 4.78 is 5.28. The number of hydrogen-bond acceptors (Lipinski definition) is 3. The first-order valence-electron chi connectivity index (χ1n) is 10.5. The summed E-state index contributed by atoms with van der Waals surface area (Å²) in [7, 11) is 1.54. The third kappa shape index (κ3) is 4.17. The van der Waals surface area contributed by atoms with E-state index in [1.54, 1.807) is 12.1 Å². The van der Waals surface area contributed by atoms with Gasteiger partial charge < -0.3 is 15.0 Å². The molecule has 0 saturated carbocycles. The maximum atomic E-state index is 12.6. The molecule has 0 radical (unpaired) electrons. The average Bonchev–Trinajstić information content (AvgIpc) is 3.15. The number of Topliss-reactive ketones (excluding diaryl/α,β-unsaturated/α-hetero) is 1. The van der Waals surface area contributed by atoms with Crippen molar-refractivity contribution in [3.05, 3.63) is 71.3 Å². The number of para-hydroxylation sites is 1. The van der Waals surface area contributed by atoms with Gasteiger partial charge in [0, 0.05) is 40.3 Å². The maximum Gasteiger partial charge on any atom is 0.224 e. The molecule has 3 aromatic carbocycles. The van der Waals surface area contributed by atoms with Gasteiger partial charge in [-0.3, -0.25) is 9.59 Å². The number of aromatic nitrogens is 1. The summed E-state index contributed by atoms with van der Waals surface area (Å²) in [5, 5.41) is 5.23. The molecule has 4 rings (SSSR count). The molecule has 0 bridgehead atoms. The van der Waals surface area contributed by atoms with Crippen molar-refractivity contribution in [1.29, 1.82) is 0 Å². The summed E-state index contributed by atoms with van der Waals surface area (Å²) >= 11 is 0. The molecule has 0 unspecified atom stereocenters. The quantitative estimate of drug-likeness (QED) is 0.375. The van der Waals surface area contributed by atoms with Gasteiger partial charge in [-0.15, -0.1) is 0 Å². The van der Waals surface area contributed by atoms with E-state index in [4.69, 9.17) is 4.74 Å². The summed E-state index contributed by atoms with van der Waals surface area (Å²) in [6, 6.07) is 17.6. The van der Waals surface area contributed by atoms with Crippen molar-refractivity contribution < 1.29 is 14.3 Å². The first-order chi connectivity index (χ1) is 15.0. The maximum absolute atomic E-state index is 12.6. The monoisotopic (exact) mass is 414 g/mol. The molecular formula is C26H26N2O3. The molecule has 5 nitrogen and oxygen atoms in total. The third-order valence-electron chi connectivity index (χ3n) is 5.62. The van der Waals surface area contributed by atoms with Crippen LogP contribution in [0.15, 0.2) is 54.6 Å². The summed E-state index contributed by atoms with van der Waals surface area (Å²) in [5.74, 6) is 0.241. The van der Waals surface area contributed by atoms with Gasteiger partial charge in [0.25, 0.3) is 0 Å². The van der Waals surface area contributed by atoms with E-state index in [2.05, 4.69) is 35.4 Å². The zero-order valence-electron chi connectivity index (χ0n) is 18.0. The van der Waals surface area contributed by atoms with Crippen molar-refractivity contribution in [3.8, 4) is 5.75 Å². The predicted octanol–water partition coefficient (Wildman–Crippen LogP) is 5.80. The Morgan fingerprint density at radius 2 is 1.84 bits per heavy atom. The van der Waals surface area contributed by atoms with E-state index in [1.807, 2.05) is 31.2 Å². The molecule has 0 fully saturated rings. The van der Waals surface area contributed by atoms with Crippen LogP contribution >= 0.6 is 0 Å². The van der Waals surface area contributed by atoms with Crippen molar-refractivity contribution >= 4 is 39.2 Å². The number of aromatic amines is 1. The van der Waals surface area contributed by atoms with Gasteiger partial charge in [-0.1, -0.05) is 42.8 Å². The number of benzene rings is 3. The second kappa shape index (κ2) is 8.64. The molecule has 1 aromatic heterocycles. The molecule has 1 heterocycles. The van der Waals surface area contributed by atoms with Gasteiger partial charge >= 0.3 is 0 Å². The molecule has 0 saturated heterocycles. The molecule has 0 atom stereocenters. The summed E-state index contributed by atoms with van der Waals surface area (Å²) in [4.78, 5) is 28.6. The number of rotatable bonds is 7. The Morgan fingerprint density at radius 3 is 2.61 bits per heavy atom. The molecule has 158 valence electrons. The Hall–Kier alpha value is -3.60. The zero-order valence-corrected chi connectivity index (χ0v) is 18.0. The largest absolute Gasteiger partial charge is 0.496 e. The SMILES string of the molecule is CCc1cccc2c1[nH]c1cc(NC(=O)CCC(=O)c3cc(C)ccc3OC)ccc12. The lowest BCUT2D eigenvalue weighted by molar-refractivity contribution is -0.116. The highest BCUT2D eigenvalue weighted by molar-refractivity contribution is 6.09. The van der Waals surface area contributed by atoms with E-state index in [0.717, 1.165) is 28.4 Å². The highest BCUT2D eigenvalue weighted by Gasteiger charge is 2.15. The van der Waals surface area contributed by atoms with Gasteiger partial charge in [-0.05, 0) is 43.2 Å². The van der Waals surface area contributed by atoms with E-state index in [1.165, 1.54) is 18.1 Å². The van der Waals surface area contributed by atoms with Crippen LogP contribution in [0, 0.1) is 6.92 Å². The normalized spacial score (nSPS) is 11.1. The fourth-order valence-electron chi connectivity index (χ4n) is 3.99. The molecule has 0 aliphatic heterocycles. The van der Waals surface area contributed by atoms with Gasteiger partial charge in [-0.25, -0.2) is 0 Å². The van der Waals surface area contributed by atoms with Crippen LogP contribution in [0.3, 0.4) is 0 Å². The Bertz CT molecular complexity index is 1290. The number of ether oxygens (including phenoxy) is 1. The number of hydrogen-bond donors (Lipinski definition) is 2. The van der Waals surface area contributed by atoms with Crippen molar-refractivity contribution in [1.82, 2.24) is 4.98 Å². The fourth-order valence-corrected chi connectivity index (χ4v) is 3.99. The molecule has 0 spiro atoms. The Morgan fingerprint density at radius 1 is 1.00 bits per heavy atom. The number of ketones is 1. The molecule has 31 heavy (non-hydrogen) atoms. The van der Waals surface area contributed by atoms with Crippen LogP contribution in [0.1, 0.15) is 41.3 Å². The van der Waals surface area contributed by atoms with Crippen LogP contribution < -0.4 is 10.1 Å².